The zero-order valence-electron chi connectivity index (χ0n) is 8.07. The van der Waals surface area contributed by atoms with Crippen LogP contribution in [0.25, 0.3) is 0 Å². The van der Waals surface area contributed by atoms with E-state index in [2.05, 4.69) is 10.4 Å². The van der Waals surface area contributed by atoms with Crippen molar-refractivity contribution in [2.75, 3.05) is 5.43 Å². The van der Waals surface area contributed by atoms with Crippen molar-refractivity contribution >= 4 is 17.6 Å². The quantitative estimate of drug-likeness (QED) is 0.593. The first-order valence-electron chi connectivity index (χ1n) is 4.98. The summed E-state index contributed by atoms with van der Waals surface area (Å²) in [7, 11) is 0. The maximum absolute atomic E-state index is 5.31. The monoisotopic (exact) mass is 209 g/mol. The molecule has 1 aliphatic rings. The molecular weight excluding hydrogens is 194 g/mol. The van der Waals surface area contributed by atoms with Gasteiger partial charge < -0.3 is 5.43 Å². The van der Waals surface area contributed by atoms with Gasteiger partial charge in [0.2, 0.25) is 0 Å². The van der Waals surface area contributed by atoms with Gasteiger partial charge in [0.05, 0.1) is 0 Å². The Kier molecular flexibility index (Phi) is 3.26. The van der Waals surface area contributed by atoms with Gasteiger partial charge in [0.25, 0.3) is 0 Å². The molecule has 1 aliphatic carbocycles. The number of rotatable bonds is 3. The smallest absolute Gasteiger partial charge is 0.140 e. The molecule has 0 radical (unpaired) electrons. The summed E-state index contributed by atoms with van der Waals surface area (Å²) in [5.74, 6) is 6.05. The van der Waals surface area contributed by atoms with Crippen LogP contribution in [-0.4, -0.2) is 10.2 Å². The van der Waals surface area contributed by atoms with E-state index in [0.717, 1.165) is 11.1 Å². The number of thioether (sulfide) groups is 1. The summed E-state index contributed by atoms with van der Waals surface area (Å²) in [6.45, 7) is 0. The standard InChI is InChI=1S/C10H15N3S/c11-13-10-7-9(5-6-12-10)14-8-3-1-2-4-8/h5-8H,1-4,11H2,(H,12,13). The Morgan fingerprint density at radius 2 is 2.21 bits per heavy atom. The number of hydrazine groups is 1. The lowest BCUT2D eigenvalue weighted by Crippen LogP contribution is -2.08. The molecule has 4 heteroatoms. The Bertz CT molecular complexity index is 297. The molecule has 0 amide bonds. The molecule has 76 valence electrons. The van der Waals surface area contributed by atoms with Crippen LogP contribution in [0.2, 0.25) is 0 Å². The normalized spacial score (nSPS) is 17.2. The lowest BCUT2D eigenvalue weighted by atomic mass is 10.4. The van der Waals surface area contributed by atoms with E-state index in [9.17, 15) is 0 Å². The van der Waals surface area contributed by atoms with Gasteiger partial charge >= 0.3 is 0 Å². The van der Waals surface area contributed by atoms with Crippen molar-refractivity contribution in [3.8, 4) is 0 Å². The van der Waals surface area contributed by atoms with Crippen molar-refractivity contribution in [2.45, 2.75) is 35.8 Å². The van der Waals surface area contributed by atoms with Gasteiger partial charge in [-0.05, 0) is 25.0 Å². The van der Waals surface area contributed by atoms with Crippen LogP contribution in [0.5, 0.6) is 0 Å². The average molecular weight is 209 g/mol. The van der Waals surface area contributed by atoms with Crippen LogP contribution in [-0.2, 0) is 0 Å². The molecule has 1 heterocycles. The third-order valence-corrected chi connectivity index (χ3v) is 3.82. The van der Waals surface area contributed by atoms with Gasteiger partial charge in [0, 0.05) is 16.3 Å². The van der Waals surface area contributed by atoms with E-state index in [-0.39, 0.29) is 0 Å². The van der Waals surface area contributed by atoms with E-state index in [1.54, 1.807) is 6.20 Å². The van der Waals surface area contributed by atoms with Gasteiger partial charge in [0.15, 0.2) is 0 Å². The third kappa shape index (κ3) is 2.39. The number of hydrogen-bond acceptors (Lipinski definition) is 4. The number of pyridine rings is 1. The molecule has 3 nitrogen and oxygen atoms in total. The average Bonchev–Trinajstić information content (AvgIpc) is 2.71. The van der Waals surface area contributed by atoms with E-state index in [1.165, 1.54) is 30.6 Å². The summed E-state index contributed by atoms with van der Waals surface area (Å²) in [6.07, 6.45) is 7.25. The minimum atomic E-state index is 0.744. The number of anilines is 1. The Morgan fingerprint density at radius 3 is 2.93 bits per heavy atom. The van der Waals surface area contributed by atoms with E-state index >= 15 is 0 Å². The Balaban J connectivity index is 2.00. The number of nitrogen functional groups attached to an aromatic ring is 1. The SMILES string of the molecule is NNc1cc(SC2CCCC2)ccn1. The number of aromatic nitrogens is 1. The Hall–Kier alpha value is -0.740. The number of nitrogens with one attached hydrogen (secondary N) is 1. The molecular formula is C10H15N3S. The molecule has 0 saturated heterocycles. The van der Waals surface area contributed by atoms with Gasteiger partial charge in [-0.25, -0.2) is 10.8 Å². The minimum absolute atomic E-state index is 0.744. The summed E-state index contributed by atoms with van der Waals surface area (Å²) in [6, 6.07) is 4.05. The molecule has 0 atom stereocenters. The van der Waals surface area contributed by atoms with Crippen LogP contribution in [0, 0.1) is 0 Å². The van der Waals surface area contributed by atoms with Gasteiger partial charge in [-0.2, -0.15) is 0 Å². The topological polar surface area (TPSA) is 50.9 Å². The largest absolute Gasteiger partial charge is 0.308 e. The summed E-state index contributed by atoms with van der Waals surface area (Å²) in [4.78, 5) is 5.35. The highest BCUT2D eigenvalue weighted by atomic mass is 32.2. The highest BCUT2D eigenvalue weighted by Gasteiger charge is 2.15. The van der Waals surface area contributed by atoms with Crippen molar-refractivity contribution in [3.63, 3.8) is 0 Å². The molecule has 2 rings (SSSR count). The van der Waals surface area contributed by atoms with Crippen LogP contribution in [0.1, 0.15) is 25.7 Å². The van der Waals surface area contributed by atoms with Crippen molar-refractivity contribution < 1.29 is 0 Å². The lowest BCUT2D eigenvalue weighted by Gasteiger charge is -2.08. The predicted molar refractivity (Wildman–Crippen MR) is 60.2 cm³/mol. The Labute approximate surface area is 88.5 Å². The van der Waals surface area contributed by atoms with Crippen LogP contribution < -0.4 is 11.3 Å². The highest BCUT2D eigenvalue weighted by Crippen LogP contribution is 2.34. The van der Waals surface area contributed by atoms with Crippen molar-refractivity contribution in [1.29, 1.82) is 0 Å². The van der Waals surface area contributed by atoms with E-state index in [4.69, 9.17) is 5.84 Å². The summed E-state index contributed by atoms with van der Waals surface area (Å²) >= 11 is 1.95. The summed E-state index contributed by atoms with van der Waals surface area (Å²) < 4.78 is 0. The first-order valence-corrected chi connectivity index (χ1v) is 5.86. The second kappa shape index (κ2) is 4.66. The Morgan fingerprint density at radius 1 is 1.43 bits per heavy atom. The van der Waals surface area contributed by atoms with Gasteiger partial charge in [-0.3, -0.25) is 0 Å². The van der Waals surface area contributed by atoms with Crippen LogP contribution in [0.4, 0.5) is 5.82 Å². The molecule has 0 spiro atoms. The first-order chi connectivity index (χ1) is 6.88. The summed E-state index contributed by atoms with van der Waals surface area (Å²) in [5.41, 5.74) is 2.57. The fourth-order valence-electron chi connectivity index (χ4n) is 1.76. The molecule has 1 aromatic heterocycles. The van der Waals surface area contributed by atoms with Crippen LogP contribution in [0.3, 0.4) is 0 Å². The molecule has 1 fully saturated rings. The van der Waals surface area contributed by atoms with Gasteiger partial charge in [0.1, 0.15) is 5.82 Å². The van der Waals surface area contributed by atoms with Crippen molar-refractivity contribution in [2.24, 2.45) is 5.84 Å². The third-order valence-electron chi connectivity index (χ3n) is 2.48. The van der Waals surface area contributed by atoms with Gasteiger partial charge in [-0.15, -0.1) is 11.8 Å². The number of nitrogens with two attached hydrogens (primary N) is 1. The molecule has 14 heavy (non-hydrogen) atoms. The van der Waals surface area contributed by atoms with E-state index in [1.807, 2.05) is 23.9 Å². The predicted octanol–water partition coefficient (Wildman–Crippen LogP) is 2.40. The zero-order chi connectivity index (χ0) is 9.80. The molecule has 3 N–H and O–H groups in total. The molecule has 0 aromatic carbocycles. The van der Waals surface area contributed by atoms with Crippen LogP contribution >= 0.6 is 11.8 Å². The van der Waals surface area contributed by atoms with Crippen molar-refractivity contribution in [1.82, 2.24) is 4.98 Å². The van der Waals surface area contributed by atoms with E-state index in [0.29, 0.717) is 0 Å². The maximum atomic E-state index is 5.31. The zero-order valence-corrected chi connectivity index (χ0v) is 8.89. The molecule has 0 unspecified atom stereocenters. The fourth-order valence-corrected chi connectivity index (χ4v) is 3.04. The number of nitrogens with zero attached hydrogens (tertiary/aromatic N) is 1. The molecule has 1 saturated carbocycles. The first kappa shape index (κ1) is 9.80. The second-order valence-electron chi connectivity index (χ2n) is 3.55. The molecule has 0 aliphatic heterocycles. The number of hydrogen-bond donors (Lipinski definition) is 2. The molecule has 1 aromatic rings. The second-order valence-corrected chi connectivity index (χ2v) is 4.92. The van der Waals surface area contributed by atoms with Crippen molar-refractivity contribution in [3.05, 3.63) is 18.3 Å². The van der Waals surface area contributed by atoms with Crippen LogP contribution in [0.15, 0.2) is 23.2 Å². The maximum Gasteiger partial charge on any atom is 0.140 e. The fraction of sp³-hybridized carbons (Fsp3) is 0.500. The summed E-state index contributed by atoms with van der Waals surface area (Å²) in [5, 5.41) is 0.794. The molecule has 0 bridgehead atoms. The lowest BCUT2D eigenvalue weighted by molar-refractivity contribution is 0.886. The van der Waals surface area contributed by atoms with E-state index < -0.39 is 0 Å². The minimum Gasteiger partial charge on any atom is -0.308 e. The highest BCUT2D eigenvalue weighted by molar-refractivity contribution is 8.00. The van der Waals surface area contributed by atoms with Gasteiger partial charge in [-0.1, -0.05) is 12.8 Å².